The molecule has 2 heterocycles. The van der Waals surface area contributed by atoms with Crippen molar-refractivity contribution in [1.29, 1.82) is 0 Å². The maximum Gasteiger partial charge on any atom is 0.243 e. The second-order valence-electron chi connectivity index (χ2n) is 7.19. The van der Waals surface area contributed by atoms with Gasteiger partial charge in [0.25, 0.3) is 0 Å². The van der Waals surface area contributed by atoms with Gasteiger partial charge < -0.3 is 10.2 Å². The molecule has 0 radical (unpaired) electrons. The molecular formula is C18H24N6O. The van der Waals surface area contributed by atoms with Crippen LogP contribution >= 0.6 is 0 Å². The molecule has 2 aromatic rings. The molecule has 25 heavy (non-hydrogen) atoms. The van der Waals surface area contributed by atoms with Gasteiger partial charge in [0.2, 0.25) is 5.91 Å². The largest absolute Gasteiger partial charge is 0.362 e. The van der Waals surface area contributed by atoms with E-state index < -0.39 is 0 Å². The van der Waals surface area contributed by atoms with Gasteiger partial charge >= 0.3 is 0 Å². The van der Waals surface area contributed by atoms with Gasteiger partial charge in [-0.05, 0) is 43.7 Å². The molecular weight excluding hydrogens is 316 g/mol. The van der Waals surface area contributed by atoms with E-state index >= 15 is 0 Å². The number of nitrogens with one attached hydrogen (secondary N) is 1. The summed E-state index contributed by atoms with van der Waals surface area (Å²) in [6.45, 7) is 0.284. The number of amides is 1. The fraction of sp³-hybridized carbons (Fsp3) is 0.556. The van der Waals surface area contributed by atoms with Crippen molar-refractivity contribution in [1.82, 2.24) is 24.6 Å². The first-order chi connectivity index (χ1) is 12.1. The molecule has 1 saturated carbocycles. The molecule has 1 fully saturated rings. The summed E-state index contributed by atoms with van der Waals surface area (Å²) >= 11 is 0. The highest BCUT2D eigenvalue weighted by molar-refractivity contribution is 5.75. The van der Waals surface area contributed by atoms with Crippen LogP contribution in [0.15, 0.2) is 18.5 Å². The third-order valence-electron chi connectivity index (χ3n) is 4.87. The topological polar surface area (TPSA) is 75.9 Å². The van der Waals surface area contributed by atoms with Gasteiger partial charge in [0, 0.05) is 32.4 Å². The van der Waals surface area contributed by atoms with Crippen molar-refractivity contribution in [3.63, 3.8) is 0 Å². The quantitative estimate of drug-likeness (QED) is 0.902. The molecule has 0 bridgehead atoms. The normalized spacial score (nSPS) is 19.4. The summed E-state index contributed by atoms with van der Waals surface area (Å²) < 4.78 is 1.77. The molecule has 1 N–H and O–H groups in total. The van der Waals surface area contributed by atoms with Crippen LogP contribution in [-0.2, 0) is 17.8 Å². The summed E-state index contributed by atoms with van der Waals surface area (Å²) in [6.07, 6.45) is 9.39. The summed E-state index contributed by atoms with van der Waals surface area (Å²) in [5.41, 5.74) is 2.27. The average Bonchev–Trinajstić information content (AvgIpc) is 3.36. The zero-order valence-corrected chi connectivity index (χ0v) is 14.8. The van der Waals surface area contributed by atoms with Gasteiger partial charge in [-0.3, -0.25) is 9.48 Å². The van der Waals surface area contributed by atoms with Crippen molar-refractivity contribution in [3.8, 4) is 0 Å². The molecule has 4 rings (SSSR count). The molecule has 1 amide bonds. The minimum Gasteiger partial charge on any atom is -0.362 e. The Morgan fingerprint density at radius 1 is 1.36 bits per heavy atom. The molecule has 7 nitrogen and oxygen atoms in total. The molecule has 2 aliphatic rings. The van der Waals surface area contributed by atoms with Gasteiger partial charge in [0.05, 0.1) is 11.7 Å². The number of anilines is 1. The number of likely N-dealkylation sites (N-methyl/N-ethyl adjacent to an activating group) is 1. The second-order valence-corrected chi connectivity index (χ2v) is 7.19. The van der Waals surface area contributed by atoms with Crippen LogP contribution < -0.4 is 5.32 Å². The highest BCUT2D eigenvalue weighted by Gasteiger charge is 2.28. The minimum absolute atomic E-state index is 0.0502. The lowest BCUT2D eigenvalue weighted by molar-refractivity contribution is -0.129. The first kappa shape index (κ1) is 16.1. The standard InChI is InChI=1S/C18H24N6O/c1-23(2)16(25)11-24-10-13-4-3-5-14(17(13)22-24)20-15-8-9-19-18(21-15)12-6-7-12/h8-10,12,14H,3-7,11H2,1-2H3,(H,19,20,21)/t14-/m0/s1. The predicted octanol–water partition coefficient (Wildman–Crippen LogP) is 2.13. The lowest BCUT2D eigenvalue weighted by Gasteiger charge is -2.22. The molecule has 132 valence electrons. The third-order valence-corrected chi connectivity index (χ3v) is 4.87. The van der Waals surface area contributed by atoms with Crippen molar-refractivity contribution >= 4 is 11.7 Å². The Balaban J connectivity index is 1.52. The van der Waals surface area contributed by atoms with Gasteiger partial charge in [0.15, 0.2) is 0 Å². The van der Waals surface area contributed by atoms with E-state index in [-0.39, 0.29) is 18.5 Å². The van der Waals surface area contributed by atoms with E-state index in [1.807, 2.05) is 18.5 Å². The van der Waals surface area contributed by atoms with Crippen LogP contribution in [0.1, 0.15) is 54.7 Å². The number of fused-ring (bicyclic) bond motifs is 1. The number of hydrogen-bond donors (Lipinski definition) is 1. The van der Waals surface area contributed by atoms with E-state index in [9.17, 15) is 4.79 Å². The van der Waals surface area contributed by atoms with E-state index in [1.54, 1.807) is 23.7 Å². The van der Waals surface area contributed by atoms with Gasteiger partial charge in [-0.1, -0.05) is 0 Å². The maximum absolute atomic E-state index is 11.9. The second kappa shape index (κ2) is 6.46. The number of carbonyl (C=O) groups excluding carboxylic acids is 1. The first-order valence-corrected chi connectivity index (χ1v) is 8.96. The zero-order valence-electron chi connectivity index (χ0n) is 14.8. The Bertz CT molecular complexity index is 780. The summed E-state index contributed by atoms with van der Waals surface area (Å²) in [5.74, 6) is 2.41. The van der Waals surface area contributed by atoms with Crippen LogP contribution in [0.2, 0.25) is 0 Å². The Morgan fingerprint density at radius 2 is 2.20 bits per heavy atom. The first-order valence-electron chi connectivity index (χ1n) is 8.96. The highest BCUT2D eigenvalue weighted by atomic mass is 16.2. The number of carbonyl (C=O) groups is 1. The number of rotatable bonds is 5. The van der Waals surface area contributed by atoms with Crippen molar-refractivity contribution in [2.45, 2.75) is 50.6 Å². The lowest BCUT2D eigenvalue weighted by Crippen LogP contribution is -2.26. The fourth-order valence-corrected chi connectivity index (χ4v) is 3.27. The van der Waals surface area contributed by atoms with Crippen molar-refractivity contribution in [2.75, 3.05) is 19.4 Å². The highest BCUT2D eigenvalue weighted by Crippen LogP contribution is 2.38. The van der Waals surface area contributed by atoms with Crippen LogP contribution in [0.4, 0.5) is 5.82 Å². The van der Waals surface area contributed by atoms with Crippen LogP contribution in [-0.4, -0.2) is 44.7 Å². The molecule has 0 unspecified atom stereocenters. The Hall–Kier alpha value is -2.44. The summed E-state index contributed by atoms with van der Waals surface area (Å²) in [6, 6.07) is 2.06. The Kier molecular flexibility index (Phi) is 4.15. The Labute approximate surface area is 147 Å². The number of aryl methyl sites for hydroxylation is 1. The molecule has 2 aromatic heterocycles. The van der Waals surface area contributed by atoms with Crippen molar-refractivity contribution < 1.29 is 4.79 Å². The molecule has 0 saturated heterocycles. The van der Waals surface area contributed by atoms with Gasteiger partial charge in [-0.15, -0.1) is 0 Å². The third kappa shape index (κ3) is 3.50. The van der Waals surface area contributed by atoms with E-state index in [0.717, 1.165) is 36.6 Å². The van der Waals surface area contributed by atoms with Crippen LogP contribution in [0.3, 0.4) is 0 Å². The molecule has 2 aliphatic carbocycles. The molecule has 0 spiro atoms. The smallest absolute Gasteiger partial charge is 0.243 e. The SMILES string of the molecule is CN(C)C(=O)Cn1cc2c(n1)[C@@H](Nc1ccnc(C3CC3)n1)CCC2. The average molecular weight is 340 g/mol. The fourth-order valence-electron chi connectivity index (χ4n) is 3.27. The predicted molar refractivity (Wildman–Crippen MR) is 94.2 cm³/mol. The molecule has 7 heteroatoms. The number of aromatic nitrogens is 4. The number of nitrogens with zero attached hydrogens (tertiary/aromatic N) is 5. The van der Waals surface area contributed by atoms with Gasteiger partial charge in [-0.25, -0.2) is 9.97 Å². The molecule has 0 aromatic carbocycles. The van der Waals surface area contributed by atoms with E-state index in [4.69, 9.17) is 0 Å². The van der Waals surface area contributed by atoms with Crippen LogP contribution in [0, 0.1) is 0 Å². The van der Waals surface area contributed by atoms with E-state index in [0.29, 0.717) is 5.92 Å². The summed E-state index contributed by atoms with van der Waals surface area (Å²) in [5, 5.41) is 8.21. The lowest BCUT2D eigenvalue weighted by atomic mass is 9.94. The summed E-state index contributed by atoms with van der Waals surface area (Å²) in [4.78, 5) is 22.6. The van der Waals surface area contributed by atoms with Gasteiger partial charge in [0.1, 0.15) is 18.2 Å². The van der Waals surface area contributed by atoms with Crippen molar-refractivity contribution in [2.24, 2.45) is 0 Å². The van der Waals surface area contributed by atoms with Crippen LogP contribution in [0.25, 0.3) is 0 Å². The Morgan fingerprint density at radius 3 is 2.96 bits per heavy atom. The zero-order chi connectivity index (χ0) is 17.4. The molecule has 0 aliphatic heterocycles. The molecule has 1 atom stereocenters. The summed E-state index contributed by atoms with van der Waals surface area (Å²) in [7, 11) is 3.53. The number of hydrogen-bond acceptors (Lipinski definition) is 5. The monoisotopic (exact) mass is 340 g/mol. The van der Waals surface area contributed by atoms with Gasteiger partial charge in [-0.2, -0.15) is 5.10 Å². The minimum atomic E-state index is 0.0502. The van der Waals surface area contributed by atoms with Crippen molar-refractivity contribution in [3.05, 3.63) is 35.5 Å². The van der Waals surface area contributed by atoms with Crippen LogP contribution in [0.5, 0.6) is 0 Å². The van der Waals surface area contributed by atoms with E-state index in [1.165, 1.54) is 18.4 Å². The van der Waals surface area contributed by atoms with E-state index in [2.05, 4.69) is 20.4 Å². The maximum atomic E-state index is 11.9.